The van der Waals surface area contributed by atoms with Gasteiger partial charge in [0.25, 0.3) is 0 Å². The van der Waals surface area contributed by atoms with E-state index in [1.54, 1.807) is 0 Å². The van der Waals surface area contributed by atoms with Crippen LogP contribution in [-0.2, 0) is 14.3 Å². The zero-order chi connectivity index (χ0) is 16.5. The molecule has 1 saturated heterocycles. The Morgan fingerprint density at radius 1 is 1.29 bits per heavy atom. The van der Waals surface area contributed by atoms with Gasteiger partial charge in [-0.3, -0.25) is 4.79 Å². The Morgan fingerprint density at radius 2 is 2.21 bits per heavy atom. The average Bonchev–Trinajstić information content (AvgIpc) is 3.21. The fourth-order valence-corrected chi connectivity index (χ4v) is 5.07. The summed E-state index contributed by atoms with van der Waals surface area (Å²) < 4.78 is 11.5. The third kappa shape index (κ3) is 3.00. The van der Waals surface area contributed by atoms with Crippen LogP contribution < -0.4 is 0 Å². The molecule has 0 radical (unpaired) electrons. The van der Waals surface area contributed by atoms with Gasteiger partial charge in [-0.15, -0.1) is 0 Å². The summed E-state index contributed by atoms with van der Waals surface area (Å²) in [6, 6.07) is 0. The van der Waals surface area contributed by atoms with Gasteiger partial charge < -0.3 is 14.6 Å². The molecule has 1 N–H and O–H groups in total. The fourth-order valence-electron chi connectivity index (χ4n) is 5.07. The monoisotopic (exact) mass is 336 g/mol. The lowest BCUT2D eigenvalue weighted by Gasteiger charge is -2.38. The molecule has 2 aliphatic heterocycles. The number of carbonyl (C=O) groups is 1. The highest BCUT2D eigenvalue weighted by Crippen LogP contribution is 2.51. The molecule has 24 heavy (non-hydrogen) atoms. The van der Waals surface area contributed by atoms with E-state index in [9.17, 15) is 9.90 Å². The maximum atomic E-state index is 12.8. The molecule has 2 bridgehead atoms. The lowest BCUT2D eigenvalue weighted by molar-refractivity contribution is -0.167. The quantitative estimate of drug-likeness (QED) is 0.802. The SMILES string of the molecule is O=C1C(CCOC2CCCCO2)C2C(=NN1CCO)C1CCC2C1. The summed E-state index contributed by atoms with van der Waals surface area (Å²) in [6.45, 7) is 1.60. The molecular weight excluding hydrogens is 308 g/mol. The number of β-amino-alcohol motifs (C(OH)–C–C–N with tert-alkyl or cyclic N) is 1. The first kappa shape index (κ1) is 16.5. The van der Waals surface area contributed by atoms with Crippen LogP contribution in [0.1, 0.15) is 44.9 Å². The molecule has 2 aliphatic carbocycles. The van der Waals surface area contributed by atoms with E-state index in [1.165, 1.54) is 30.0 Å². The Hall–Kier alpha value is -0.980. The summed E-state index contributed by atoms with van der Waals surface area (Å²) in [6.07, 6.45) is 7.48. The number of hydrogen-bond donors (Lipinski definition) is 1. The van der Waals surface area contributed by atoms with Crippen molar-refractivity contribution in [1.29, 1.82) is 0 Å². The van der Waals surface area contributed by atoms with Crippen LogP contribution in [0.3, 0.4) is 0 Å². The number of ether oxygens (including phenoxy) is 2. The molecule has 3 fully saturated rings. The highest BCUT2D eigenvalue weighted by molar-refractivity contribution is 5.99. The molecule has 0 aromatic carbocycles. The van der Waals surface area contributed by atoms with Crippen LogP contribution in [0.15, 0.2) is 5.10 Å². The van der Waals surface area contributed by atoms with E-state index >= 15 is 0 Å². The number of aliphatic hydroxyl groups excluding tert-OH is 1. The first-order valence-corrected chi connectivity index (χ1v) is 9.51. The van der Waals surface area contributed by atoms with Crippen molar-refractivity contribution in [3.63, 3.8) is 0 Å². The van der Waals surface area contributed by atoms with Crippen LogP contribution in [0.5, 0.6) is 0 Å². The van der Waals surface area contributed by atoms with E-state index in [0.29, 0.717) is 30.9 Å². The maximum Gasteiger partial charge on any atom is 0.246 e. The average molecular weight is 336 g/mol. The van der Waals surface area contributed by atoms with Gasteiger partial charge in [-0.05, 0) is 56.8 Å². The third-order valence-electron chi connectivity index (χ3n) is 6.16. The molecule has 2 heterocycles. The summed E-state index contributed by atoms with van der Waals surface area (Å²) in [5.41, 5.74) is 1.22. The van der Waals surface area contributed by atoms with E-state index < -0.39 is 0 Å². The number of hydrogen-bond acceptors (Lipinski definition) is 5. The fraction of sp³-hybridized carbons (Fsp3) is 0.889. The van der Waals surface area contributed by atoms with Crippen molar-refractivity contribution in [2.75, 3.05) is 26.4 Å². The Morgan fingerprint density at radius 3 is 3.00 bits per heavy atom. The Labute approximate surface area is 143 Å². The highest BCUT2D eigenvalue weighted by atomic mass is 16.7. The molecular formula is C18H28N2O4. The molecule has 6 heteroatoms. The zero-order valence-corrected chi connectivity index (χ0v) is 14.2. The van der Waals surface area contributed by atoms with E-state index in [1.807, 2.05) is 0 Å². The molecule has 5 atom stereocenters. The third-order valence-corrected chi connectivity index (χ3v) is 6.16. The van der Waals surface area contributed by atoms with Gasteiger partial charge in [0.05, 0.1) is 25.7 Å². The van der Waals surface area contributed by atoms with Crippen molar-refractivity contribution in [2.45, 2.75) is 51.2 Å². The van der Waals surface area contributed by atoms with Crippen LogP contribution in [0.25, 0.3) is 0 Å². The van der Waals surface area contributed by atoms with Crippen molar-refractivity contribution in [3.8, 4) is 0 Å². The largest absolute Gasteiger partial charge is 0.394 e. The second-order valence-corrected chi connectivity index (χ2v) is 7.57. The van der Waals surface area contributed by atoms with Gasteiger partial charge in [-0.2, -0.15) is 5.10 Å². The lowest BCUT2D eigenvalue weighted by Crippen LogP contribution is -2.47. The van der Waals surface area contributed by atoms with Crippen LogP contribution in [0.2, 0.25) is 0 Å². The first-order valence-electron chi connectivity index (χ1n) is 9.51. The van der Waals surface area contributed by atoms with Crippen molar-refractivity contribution in [2.24, 2.45) is 28.8 Å². The van der Waals surface area contributed by atoms with Gasteiger partial charge in [-0.1, -0.05) is 0 Å². The number of fused-ring (bicyclic) bond motifs is 5. The minimum Gasteiger partial charge on any atom is -0.394 e. The Bertz CT molecular complexity index is 503. The molecule has 2 saturated carbocycles. The van der Waals surface area contributed by atoms with Crippen LogP contribution in [0, 0.1) is 23.7 Å². The Balaban J connectivity index is 1.42. The number of aliphatic hydroxyl groups is 1. The van der Waals surface area contributed by atoms with Gasteiger partial charge in [0.15, 0.2) is 6.29 Å². The van der Waals surface area contributed by atoms with Gasteiger partial charge in [0.1, 0.15) is 0 Å². The van der Waals surface area contributed by atoms with E-state index in [4.69, 9.17) is 9.47 Å². The predicted molar refractivity (Wildman–Crippen MR) is 88.2 cm³/mol. The van der Waals surface area contributed by atoms with E-state index in [-0.39, 0.29) is 24.7 Å². The van der Waals surface area contributed by atoms with Crippen molar-refractivity contribution >= 4 is 11.6 Å². The Kier molecular flexibility index (Phi) is 4.88. The van der Waals surface area contributed by atoms with Crippen molar-refractivity contribution in [1.82, 2.24) is 5.01 Å². The minimum absolute atomic E-state index is 0.0389. The van der Waals surface area contributed by atoms with E-state index in [2.05, 4.69) is 5.10 Å². The topological polar surface area (TPSA) is 71.4 Å². The second-order valence-electron chi connectivity index (χ2n) is 7.57. The molecule has 5 unspecified atom stereocenters. The molecule has 134 valence electrons. The van der Waals surface area contributed by atoms with Gasteiger partial charge >= 0.3 is 0 Å². The smallest absolute Gasteiger partial charge is 0.246 e. The molecule has 4 rings (SSSR count). The summed E-state index contributed by atoms with van der Waals surface area (Å²) in [5, 5.41) is 15.4. The number of carbonyl (C=O) groups excluding carboxylic acids is 1. The minimum atomic E-state index is -0.0980. The van der Waals surface area contributed by atoms with Crippen LogP contribution >= 0.6 is 0 Å². The number of rotatable bonds is 6. The van der Waals surface area contributed by atoms with Gasteiger partial charge in [-0.25, -0.2) is 5.01 Å². The number of amides is 1. The van der Waals surface area contributed by atoms with Crippen LogP contribution in [-0.4, -0.2) is 54.4 Å². The maximum absolute atomic E-state index is 12.8. The number of nitrogens with zero attached hydrogens (tertiary/aromatic N) is 2. The molecule has 0 aromatic heterocycles. The molecule has 1 amide bonds. The summed E-state index contributed by atoms with van der Waals surface area (Å²) in [5.74, 6) is 1.51. The van der Waals surface area contributed by atoms with Crippen molar-refractivity contribution < 1.29 is 19.4 Å². The standard InChI is InChI=1S/C18H28N2O4/c21-8-7-20-18(22)14(6-10-24-15-3-1-2-9-23-15)16-12-4-5-13(11-12)17(16)19-20/h12-16,21H,1-11H2. The number of hydrazone groups is 1. The first-order chi connectivity index (χ1) is 11.8. The summed E-state index contributed by atoms with van der Waals surface area (Å²) >= 11 is 0. The zero-order valence-electron chi connectivity index (χ0n) is 14.2. The van der Waals surface area contributed by atoms with Crippen LogP contribution in [0.4, 0.5) is 0 Å². The summed E-state index contributed by atoms with van der Waals surface area (Å²) in [7, 11) is 0. The highest BCUT2D eigenvalue weighted by Gasteiger charge is 2.53. The van der Waals surface area contributed by atoms with Gasteiger partial charge in [0, 0.05) is 18.2 Å². The molecule has 0 spiro atoms. The van der Waals surface area contributed by atoms with E-state index in [0.717, 1.165) is 32.3 Å². The summed E-state index contributed by atoms with van der Waals surface area (Å²) in [4.78, 5) is 12.8. The van der Waals surface area contributed by atoms with Gasteiger partial charge in [0.2, 0.25) is 5.91 Å². The molecule has 6 nitrogen and oxygen atoms in total. The van der Waals surface area contributed by atoms with Crippen molar-refractivity contribution in [3.05, 3.63) is 0 Å². The molecule has 0 aromatic rings. The predicted octanol–water partition coefficient (Wildman–Crippen LogP) is 1.77. The lowest BCUT2D eigenvalue weighted by atomic mass is 9.75. The normalized spacial score (nSPS) is 38.4. The molecule has 4 aliphatic rings. The second kappa shape index (κ2) is 7.10.